The number of nitrogens with one attached hydrogen (secondary N) is 1. The molecule has 1 aliphatic carbocycles. The summed E-state index contributed by atoms with van der Waals surface area (Å²) >= 11 is 11.6. The summed E-state index contributed by atoms with van der Waals surface area (Å²) in [6, 6.07) is 9.16. The minimum absolute atomic E-state index is 0. The normalized spacial score (nSPS) is 14.7. The van der Waals surface area contributed by atoms with Crippen LogP contribution in [0.15, 0.2) is 52.5 Å². The number of anilines is 1. The van der Waals surface area contributed by atoms with Crippen molar-refractivity contribution in [2.45, 2.75) is 4.90 Å². The van der Waals surface area contributed by atoms with Gasteiger partial charge in [-0.1, -0.05) is 53.5 Å². The third-order valence-electron chi connectivity index (χ3n) is 3.44. The first kappa shape index (κ1) is 21.1. The molecule has 0 aromatic heterocycles. The summed E-state index contributed by atoms with van der Waals surface area (Å²) in [5.41, 5.74) is 3.72. The SMILES string of the molecule is O=C1C=Cc2ccccc2/C1=N\Nc1cc(Cl)c(Cl)cc1S(=O)(=O)[O-].[Na+]. The zero-order valence-electron chi connectivity index (χ0n) is 13.4. The average molecular weight is 419 g/mol. The maximum absolute atomic E-state index is 12.1. The number of hydrazone groups is 1. The summed E-state index contributed by atoms with van der Waals surface area (Å²) in [6.45, 7) is 0. The van der Waals surface area contributed by atoms with Gasteiger partial charge in [-0.15, -0.1) is 0 Å². The Hall–Kier alpha value is -1.19. The summed E-state index contributed by atoms with van der Waals surface area (Å²) in [5.74, 6) is -0.363. The largest absolute Gasteiger partial charge is 1.00 e. The number of carbonyl (C=O) groups is 1. The number of hydrogen-bond acceptors (Lipinski definition) is 6. The molecular weight excluding hydrogens is 410 g/mol. The van der Waals surface area contributed by atoms with Gasteiger partial charge in [-0.05, 0) is 23.8 Å². The molecular formula is C16H9Cl2N2NaO4S. The minimum atomic E-state index is -4.82. The van der Waals surface area contributed by atoms with Crippen molar-refractivity contribution < 1.29 is 47.3 Å². The Balaban J connectivity index is 0.00000243. The van der Waals surface area contributed by atoms with Gasteiger partial charge in [0, 0.05) is 5.56 Å². The molecule has 0 unspecified atom stereocenters. The zero-order chi connectivity index (χ0) is 18.2. The summed E-state index contributed by atoms with van der Waals surface area (Å²) in [7, 11) is -4.82. The van der Waals surface area contributed by atoms with Gasteiger partial charge in [0.05, 0.1) is 20.6 Å². The monoisotopic (exact) mass is 418 g/mol. The van der Waals surface area contributed by atoms with Gasteiger partial charge in [-0.3, -0.25) is 10.2 Å². The Morgan fingerprint density at radius 1 is 1.04 bits per heavy atom. The van der Waals surface area contributed by atoms with E-state index in [1.165, 1.54) is 6.08 Å². The van der Waals surface area contributed by atoms with Crippen LogP contribution in [0.3, 0.4) is 0 Å². The average Bonchev–Trinajstić information content (AvgIpc) is 2.55. The van der Waals surface area contributed by atoms with E-state index in [1.807, 2.05) is 6.07 Å². The van der Waals surface area contributed by atoms with E-state index < -0.39 is 15.0 Å². The Kier molecular flexibility index (Phi) is 6.68. The Morgan fingerprint density at radius 3 is 2.38 bits per heavy atom. The molecule has 0 saturated carbocycles. The molecule has 10 heteroatoms. The molecule has 0 bridgehead atoms. The van der Waals surface area contributed by atoms with Gasteiger partial charge >= 0.3 is 29.6 Å². The molecule has 0 radical (unpaired) electrons. The fourth-order valence-electron chi connectivity index (χ4n) is 2.29. The van der Waals surface area contributed by atoms with Crippen molar-refractivity contribution in [3.63, 3.8) is 0 Å². The maximum Gasteiger partial charge on any atom is 1.00 e. The standard InChI is InChI=1S/C16H10Cl2N2O4S.Na/c17-11-7-13(15(8-12(11)18)25(22,23)24)19-20-16-10-4-2-1-3-9(10)5-6-14(16)21;/h1-8,19H,(H,22,23,24);/q;+1/p-1/b20-16+;. The van der Waals surface area contributed by atoms with Crippen molar-refractivity contribution in [1.82, 2.24) is 0 Å². The second-order valence-electron chi connectivity index (χ2n) is 5.07. The number of ketones is 1. The topological polar surface area (TPSA) is 98.7 Å². The molecule has 2 aromatic rings. The number of fused-ring (bicyclic) bond motifs is 1. The Bertz CT molecular complexity index is 1050. The van der Waals surface area contributed by atoms with Gasteiger partial charge in [0.1, 0.15) is 15.8 Å². The fraction of sp³-hybridized carbons (Fsp3) is 0. The van der Waals surface area contributed by atoms with Crippen LogP contribution >= 0.6 is 23.2 Å². The molecule has 1 N–H and O–H groups in total. The van der Waals surface area contributed by atoms with E-state index in [0.29, 0.717) is 5.56 Å². The maximum atomic E-state index is 12.1. The number of hydrogen-bond donors (Lipinski definition) is 1. The smallest absolute Gasteiger partial charge is 0.744 e. The van der Waals surface area contributed by atoms with Crippen LogP contribution in [0.1, 0.15) is 11.1 Å². The van der Waals surface area contributed by atoms with E-state index in [0.717, 1.165) is 17.7 Å². The summed E-state index contributed by atoms with van der Waals surface area (Å²) in [4.78, 5) is 11.5. The predicted octanol–water partition coefficient (Wildman–Crippen LogP) is 0.314. The number of allylic oxidation sites excluding steroid dienone is 1. The van der Waals surface area contributed by atoms with E-state index in [4.69, 9.17) is 23.2 Å². The van der Waals surface area contributed by atoms with Crippen molar-refractivity contribution >= 4 is 56.6 Å². The van der Waals surface area contributed by atoms with E-state index in [-0.39, 0.29) is 56.8 Å². The molecule has 128 valence electrons. The molecule has 0 heterocycles. The quantitative estimate of drug-likeness (QED) is 0.439. The predicted molar refractivity (Wildman–Crippen MR) is 95.1 cm³/mol. The first-order chi connectivity index (χ1) is 11.8. The molecule has 6 nitrogen and oxygen atoms in total. The molecule has 26 heavy (non-hydrogen) atoms. The number of nitrogens with zero attached hydrogens (tertiary/aromatic N) is 1. The first-order valence-electron chi connectivity index (χ1n) is 6.88. The minimum Gasteiger partial charge on any atom is -0.744 e. The van der Waals surface area contributed by atoms with Crippen molar-refractivity contribution in [3.8, 4) is 0 Å². The van der Waals surface area contributed by atoms with Crippen molar-refractivity contribution in [1.29, 1.82) is 0 Å². The second kappa shape index (κ2) is 8.22. The molecule has 0 atom stereocenters. The van der Waals surface area contributed by atoms with Crippen LogP contribution in [0.4, 0.5) is 5.69 Å². The van der Waals surface area contributed by atoms with E-state index >= 15 is 0 Å². The van der Waals surface area contributed by atoms with Crippen LogP contribution in [0.5, 0.6) is 0 Å². The summed E-state index contributed by atoms with van der Waals surface area (Å²) < 4.78 is 34.2. The molecule has 2 aromatic carbocycles. The van der Waals surface area contributed by atoms with Crippen LogP contribution in [0.25, 0.3) is 6.08 Å². The van der Waals surface area contributed by atoms with Gasteiger partial charge in [0.25, 0.3) is 0 Å². The van der Waals surface area contributed by atoms with Crippen LogP contribution in [0, 0.1) is 0 Å². The van der Waals surface area contributed by atoms with E-state index in [1.54, 1.807) is 24.3 Å². The van der Waals surface area contributed by atoms with Crippen molar-refractivity contribution in [2.75, 3.05) is 5.43 Å². The van der Waals surface area contributed by atoms with Gasteiger partial charge in [0.15, 0.2) is 0 Å². The van der Waals surface area contributed by atoms with Gasteiger partial charge in [-0.2, -0.15) is 5.10 Å². The molecule has 0 fully saturated rings. The zero-order valence-corrected chi connectivity index (χ0v) is 17.7. The summed E-state index contributed by atoms with van der Waals surface area (Å²) in [5, 5.41) is 3.93. The van der Waals surface area contributed by atoms with Crippen LogP contribution in [-0.2, 0) is 14.9 Å². The van der Waals surface area contributed by atoms with E-state index in [2.05, 4.69) is 10.5 Å². The molecule has 0 saturated heterocycles. The molecule has 0 amide bonds. The van der Waals surface area contributed by atoms with Crippen LogP contribution < -0.4 is 35.0 Å². The Morgan fingerprint density at radius 2 is 1.69 bits per heavy atom. The second-order valence-corrected chi connectivity index (χ2v) is 7.24. The van der Waals surface area contributed by atoms with Crippen LogP contribution in [0.2, 0.25) is 10.0 Å². The van der Waals surface area contributed by atoms with Crippen molar-refractivity contribution in [3.05, 3.63) is 63.6 Å². The molecule has 0 spiro atoms. The molecule has 1 aliphatic rings. The third-order valence-corrected chi connectivity index (χ3v) is 5.04. The third kappa shape index (κ3) is 4.37. The van der Waals surface area contributed by atoms with Crippen LogP contribution in [-0.4, -0.2) is 24.5 Å². The molecule has 0 aliphatic heterocycles. The van der Waals surface area contributed by atoms with Gasteiger partial charge in [0.2, 0.25) is 5.78 Å². The number of benzene rings is 2. The number of carbonyl (C=O) groups excluding carboxylic acids is 1. The summed E-state index contributed by atoms with van der Waals surface area (Å²) in [6.07, 6.45) is 3.01. The fourth-order valence-corrected chi connectivity index (χ4v) is 3.32. The first-order valence-corrected chi connectivity index (χ1v) is 9.04. The Labute approximate surface area is 181 Å². The van der Waals surface area contributed by atoms with Gasteiger partial charge in [-0.25, -0.2) is 8.42 Å². The number of halogens is 2. The number of rotatable bonds is 3. The van der Waals surface area contributed by atoms with E-state index in [9.17, 15) is 17.8 Å². The van der Waals surface area contributed by atoms with Gasteiger partial charge < -0.3 is 4.55 Å². The van der Waals surface area contributed by atoms with Crippen molar-refractivity contribution in [2.24, 2.45) is 5.10 Å². The molecule has 3 rings (SSSR count).